The van der Waals surface area contributed by atoms with Crippen molar-refractivity contribution in [3.05, 3.63) is 23.8 Å². The van der Waals surface area contributed by atoms with Crippen molar-refractivity contribution in [2.24, 2.45) is 4.99 Å². The number of ether oxygens (including phenoxy) is 3. The first-order chi connectivity index (χ1) is 14.2. The standard InChI is InChI=1S/C22H33N3O3S.HI/c1-3-23-21(25-17-5-6-18(13-17)29-2)24-14-22(8-10-26-11-9-22)16-4-7-19-20(12-16)28-15-27-19;/h4,7,12,17-18H,3,5-6,8-11,13-15H2,1-2H3,(H2,23,24,25);1H. The molecule has 2 fully saturated rings. The van der Waals surface area contributed by atoms with Crippen molar-refractivity contribution in [1.29, 1.82) is 0 Å². The largest absolute Gasteiger partial charge is 0.454 e. The molecule has 168 valence electrons. The van der Waals surface area contributed by atoms with Crippen LogP contribution in [0, 0.1) is 0 Å². The van der Waals surface area contributed by atoms with E-state index in [4.69, 9.17) is 19.2 Å². The third kappa shape index (κ3) is 5.48. The number of nitrogens with zero attached hydrogens (tertiary/aromatic N) is 1. The van der Waals surface area contributed by atoms with Crippen molar-refractivity contribution in [2.45, 2.75) is 55.7 Å². The Morgan fingerprint density at radius 1 is 1.20 bits per heavy atom. The van der Waals surface area contributed by atoms with Gasteiger partial charge in [0.15, 0.2) is 17.5 Å². The van der Waals surface area contributed by atoms with E-state index in [-0.39, 0.29) is 29.4 Å². The van der Waals surface area contributed by atoms with Crippen LogP contribution in [-0.2, 0) is 10.2 Å². The summed E-state index contributed by atoms with van der Waals surface area (Å²) in [5.74, 6) is 2.61. The van der Waals surface area contributed by atoms with Crippen molar-refractivity contribution in [3.8, 4) is 11.5 Å². The highest BCUT2D eigenvalue weighted by Crippen LogP contribution is 2.41. The molecule has 0 aromatic heterocycles. The highest BCUT2D eigenvalue weighted by Gasteiger charge is 2.36. The fraction of sp³-hybridized carbons (Fsp3) is 0.682. The molecule has 1 aromatic carbocycles. The minimum absolute atomic E-state index is 0. The molecular formula is C22H34IN3O3S. The van der Waals surface area contributed by atoms with Crippen LogP contribution >= 0.6 is 35.7 Å². The van der Waals surface area contributed by atoms with Gasteiger partial charge in [0, 0.05) is 36.5 Å². The third-order valence-electron chi connectivity index (χ3n) is 6.38. The first kappa shape index (κ1) is 23.8. The monoisotopic (exact) mass is 547 g/mol. The predicted octanol–water partition coefficient (Wildman–Crippen LogP) is 3.92. The second-order valence-electron chi connectivity index (χ2n) is 8.17. The number of aliphatic imine (C=N–C) groups is 1. The van der Waals surface area contributed by atoms with E-state index in [1.165, 1.54) is 24.8 Å². The molecule has 2 atom stereocenters. The highest BCUT2D eigenvalue weighted by molar-refractivity contribution is 14.0. The zero-order valence-electron chi connectivity index (χ0n) is 17.9. The first-order valence-corrected chi connectivity index (χ1v) is 12.1. The Labute approximate surface area is 201 Å². The van der Waals surface area contributed by atoms with Gasteiger partial charge < -0.3 is 24.8 Å². The van der Waals surface area contributed by atoms with Crippen LogP contribution in [0.1, 0.15) is 44.6 Å². The summed E-state index contributed by atoms with van der Waals surface area (Å²) < 4.78 is 16.8. The number of benzene rings is 1. The molecule has 30 heavy (non-hydrogen) atoms. The number of rotatable bonds is 6. The van der Waals surface area contributed by atoms with E-state index in [2.05, 4.69) is 35.9 Å². The Kier molecular flexibility index (Phi) is 8.82. The molecule has 2 N–H and O–H groups in total. The van der Waals surface area contributed by atoms with Gasteiger partial charge in [-0.15, -0.1) is 24.0 Å². The molecule has 3 aliphatic rings. The molecule has 8 heteroatoms. The summed E-state index contributed by atoms with van der Waals surface area (Å²) in [7, 11) is 0. The van der Waals surface area contributed by atoms with Crippen LogP contribution in [0.5, 0.6) is 11.5 Å². The average molecular weight is 548 g/mol. The maximum absolute atomic E-state index is 5.69. The Hall–Kier alpha value is -0.870. The van der Waals surface area contributed by atoms with E-state index in [1.54, 1.807) is 0 Å². The Morgan fingerprint density at radius 3 is 2.73 bits per heavy atom. The number of nitrogens with one attached hydrogen (secondary N) is 2. The molecule has 0 amide bonds. The van der Waals surface area contributed by atoms with Gasteiger partial charge in [-0.2, -0.15) is 11.8 Å². The molecule has 1 aromatic rings. The van der Waals surface area contributed by atoms with Crippen molar-refractivity contribution < 1.29 is 14.2 Å². The predicted molar refractivity (Wildman–Crippen MR) is 134 cm³/mol. The highest BCUT2D eigenvalue weighted by atomic mass is 127. The van der Waals surface area contributed by atoms with Crippen LogP contribution in [0.15, 0.2) is 23.2 Å². The number of guanidine groups is 1. The average Bonchev–Trinajstić information content (AvgIpc) is 3.41. The molecule has 4 rings (SSSR count). The lowest BCUT2D eigenvalue weighted by Gasteiger charge is -2.37. The van der Waals surface area contributed by atoms with Gasteiger partial charge in [0.1, 0.15) is 0 Å². The molecule has 1 saturated carbocycles. The van der Waals surface area contributed by atoms with E-state index in [0.29, 0.717) is 12.8 Å². The van der Waals surface area contributed by atoms with Crippen LogP contribution in [0.4, 0.5) is 0 Å². The molecule has 0 bridgehead atoms. The third-order valence-corrected chi connectivity index (χ3v) is 7.47. The quantitative estimate of drug-likeness (QED) is 0.320. The van der Waals surface area contributed by atoms with Crippen LogP contribution < -0.4 is 20.1 Å². The van der Waals surface area contributed by atoms with Gasteiger partial charge in [-0.25, -0.2) is 0 Å². The summed E-state index contributed by atoms with van der Waals surface area (Å²) in [4.78, 5) is 5.05. The van der Waals surface area contributed by atoms with Gasteiger partial charge in [0.2, 0.25) is 6.79 Å². The Balaban J connectivity index is 0.00000256. The second-order valence-corrected chi connectivity index (χ2v) is 9.31. The van der Waals surface area contributed by atoms with Crippen molar-refractivity contribution in [3.63, 3.8) is 0 Å². The normalized spacial score (nSPS) is 24.9. The van der Waals surface area contributed by atoms with Crippen LogP contribution in [0.25, 0.3) is 0 Å². The maximum atomic E-state index is 5.69. The first-order valence-electron chi connectivity index (χ1n) is 10.8. The smallest absolute Gasteiger partial charge is 0.231 e. The van der Waals surface area contributed by atoms with Gasteiger partial charge in [0.05, 0.1) is 6.54 Å². The zero-order valence-corrected chi connectivity index (χ0v) is 21.1. The Morgan fingerprint density at radius 2 is 2.00 bits per heavy atom. The van der Waals surface area contributed by atoms with E-state index >= 15 is 0 Å². The number of hydrogen-bond acceptors (Lipinski definition) is 5. The van der Waals surface area contributed by atoms with E-state index in [0.717, 1.165) is 61.9 Å². The van der Waals surface area contributed by atoms with Gasteiger partial charge >= 0.3 is 0 Å². The molecule has 1 saturated heterocycles. The summed E-state index contributed by atoms with van der Waals surface area (Å²) in [5.41, 5.74) is 1.24. The SMILES string of the molecule is CCNC(=NCC1(c2ccc3c(c2)OCO3)CCOCC1)NC1CCC(SC)C1.I. The van der Waals surface area contributed by atoms with E-state index in [9.17, 15) is 0 Å². The van der Waals surface area contributed by atoms with Gasteiger partial charge in [-0.05, 0) is 63.0 Å². The van der Waals surface area contributed by atoms with Crippen LogP contribution in [0.2, 0.25) is 0 Å². The van der Waals surface area contributed by atoms with Crippen LogP contribution in [0.3, 0.4) is 0 Å². The molecule has 2 aliphatic heterocycles. The summed E-state index contributed by atoms with van der Waals surface area (Å²) in [5, 5.41) is 7.90. The van der Waals surface area contributed by atoms with Crippen LogP contribution in [-0.4, -0.2) is 56.6 Å². The summed E-state index contributed by atoms with van der Waals surface area (Å²) >= 11 is 1.98. The lowest BCUT2D eigenvalue weighted by atomic mass is 9.74. The minimum Gasteiger partial charge on any atom is -0.454 e. The van der Waals surface area contributed by atoms with Crippen molar-refractivity contribution in [1.82, 2.24) is 10.6 Å². The summed E-state index contributed by atoms with van der Waals surface area (Å²) in [6, 6.07) is 6.86. The number of halogens is 1. The summed E-state index contributed by atoms with van der Waals surface area (Å²) in [6.07, 6.45) is 7.87. The van der Waals surface area contributed by atoms with Gasteiger partial charge in [-0.1, -0.05) is 6.07 Å². The molecule has 0 radical (unpaired) electrons. The zero-order chi connectivity index (χ0) is 20.1. The van der Waals surface area contributed by atoms with E-state index < -0.39 is 0 Å². The summed E-state index contributed by atoms with van der Waals surface area (Å²) in [6.45, 7) is 5.57. The second kappa shape index (κ2) is 11.1. The lowest BCUT2D eigenvalue weighted by Crippen LogP contribution is -2.44. The maximum Gasteiger partial charge on any atom is 0.231 e. The number of thioether (sulfide) groups is 1. The molecule has 0 spiro atoms. The fourth-order valence-corrected chi connectivity index (χ4v) is 5.35. The number of fused-ring (bicyclic) bond motifs is 1. The van der Waals surface area contributed by atoms with E-state index in [1.807, 2.05) is 17.8 Å². The molecule has 6 nitrogen and oxygen atoms in total. The fourth-order valence-electron chi connectivity index (χ4n) is 4.56. The van der Waals surface area contributed by atoms with Crippen molar-refractivity contribution in [2.75, 3.05) is 39.4 Å². The number of hydrogen-bond donors (Lipinski definition) is 2. The topological polar surface area (TPSA) is 64.1 Å². The molecular weight excluding hydrogens is 513 g/mol. The molecule has 2 heterocycles. The Bertz CT molecular complexity index is 728. The minimum atomic E-state index is -0.0287. The molecule has 2 unspecified atom stereocenters. The van der Waals surface area contributed by atoms with Gasteiger partial charge in [0.25, 0.3) is 0 Å². The van der Waals surface area contributed by atoms with Crippen molar-refractivity contribution >= 4 is 41.7 Å². The lowest BCUT2D eigenvalue weighted by molar-refractivity contribution is 0.0530. The molecule has 1 aliphatic carbocycles. The van der Waals surface area contributed by atoms with Gasteiger partial charge in [-0.3, -0.25) is 4.99 Å².